The van der Waals surface area contributed by atoms with E-state index in [1.165, 1.54) is 14.2 Å². The van der Waals surface area contributed by atoms with Crippen LogP contribution in [0, 0.1) is 6.92 Å². The molecule has 0 atom stereocenters. The van der Waals surface area contributed by atoms with Crippen molar-refractivity contribution in [3.63, 3.8) is 0 Å². The normalized spacial score (nSPS) is 9.46. The van der Waals surface area contributed by atoms with Crippen LogP contribution in [0.5, 0.6) is 5.75 Å². The van der Waals surface area contributed by atoms with Crippen LogP contribution in [0.2, 0.25) is 0 Å². The molecule has 0 amide bonds. The highest BCUT2D eigenvalue weighted by Crippen LogP contribution is 2.13. The van der Waals surface area contributed by atoms with Gasteiger partial charge in [0.15, 0.2) is 5.69 Å². The van der Waals surface area contributed by atoms with Gasteiger partial charge in [-0.25, -0.2) is 9.78 Å². The summed E-state index contributed by atoms with van der Waals surface area (Å²) >= 11 is 0. The highest BCUT2D eigenvalue weighted by atomic mass is 16.5. The third-order valence-electron chi connectivity index (χ3n) is 1.56. The van der Waals surface area contributed by atoms with Crippen LogP contribution in [0.3, 0.4) is 0 Å². The molecule has 13 heavy (non-hydrogen) atoms. The fourth-order valence-corrected chi connectivity index (χ4v) is 0.964. The van der Waals surface area contributed by atoms with Gasteiger partial charge >= 0.3 is 5.97 Å². The summed E-state index contributed by atoms with van der Waals surface area (Å²) in [5.74, 6) is 0.148. The minimum atomic E-state index is -0.456. The average Bonchev–Trinajstić information content (AvgIpc) is 2.15. The molecule has 4 nitrogen and oxygen atoms in total. The minimum Gasteiger partial charge on any atom is -0.497 e. The third kappa shape index (κ3) is 2.18. The molecule has 0 aliphatic carbocycles. The predicted octanol–water partition coefficient (Wildman–Crippen LogP) is 1.19. The van der Waals surface area contributed by atoms with Crippen LogP contribution >= 0.6 is 0 Å². The number of carbonyl (C=O) groups is 1. The molecule has 0 spiro atoms. The zero-order valence-electron chi connectivity index (χ0n) is 7.83. The van der Waals surface area contributed by atoms with E-state index >= 15 is 0 Å². The summed E-state index contributed by atoms with van der Waals surface area (Å²) in [6.45, 7) is 1.79. The van der Waals surface area contributed by atoms with Gasteiger partial charge in [0, 0.05) is 17.8 Å². The lowest BCUT2D eigenvalue weighted by Crippen LogP contribution is -2.05. The molecule has 0 fully saturated rings. The Balaban J connectivity index is 3.08. The Hall–Kier alpha value is -1.58. The standard InChI is InChI=1S/C9H11NO3/c1-6-4-7(12-2)5-8(10-6)9(11)13-3/h4-5H,1-3H3. The molecule has 0 aromatic carbocycles. The molecular formula is C9H11NO3. The van der Waals surface area contributed by atoms with Gasteiger partial charge in [-0.1, -0.05) is 0 Å². The lowest BCUT2D eigenvalue weighted by atomic mass is 10.3. The van der Waals surface area contributed by atoms with E-state index < -0.39 is 5.97 Å². The van der Waals surface area contributed by atoms with E-state index in [2.05, 4.69) is 9.72 Å². The van der Waals surface area contributed by atoms with Crippen molar-refractivity contribution in [2.75, 3.05) is 14.2 Å². The van der Waals surface area contributed by atoms with Crippen molar-refractivity contribution in [3.8, 4) is 5.75 Å². The number of nitrogens with zero attached hydrogens (tertiary/aromatic N) is 1. The molecule has 0 aliphatic heterocycles. The molecule has 1 heterocycles. The van der Waals surface area contributed by atoms with Crippen LogP contribution in [0.25, 0.3) is 0 Å². The Bertz CT molecular complexity index is 323. The highest BCUT2D eigenvalue weighted by Gasteiger charge is 2.08. The first kappa shape index (κ1) is 9.51. The number of pyridine rings is 1. The van der Waals surface area contributed by atoms with Crippen molar-refractivity contribution in [2.45, 2.75) is 6.92 Å². The van der Waals surface area contributed by atoms with Gasteiger partial charge in [0.05, 0.1) is 14.2 Å². The zero-order chi connectivity index (χ0) is 9.84. The Labute approximate surface area is 76.5 Å². The van der Waals surface area contributed by atoms with Crippen molar-refractivity contribution < 1.29 is 14.3 Å². The fourth-order valence-electron chi connectivity index (χ4n) is 0.964. The molecule has 0 saturated carbocycles. The van der Waals surface area contributed by atoms with Crippen molar-refractivity contribution >= 4 is 5.97 Å². The van der Waals surface area contributed by atoms with Crippen LogP contribution in [-0.4, -0.2) is 25.2 Å². The van der Waals surface area contributed by atoms with E-state index in [1.54, 1.807) is 19.1 Å². The van der Waals surface area contributed by atoms with E-state index in [0.717, 1.165) is 5.69 Å². The Morgan fingerprint density at radius 3 is 2.62 bits per heavy atom. The molecular weight excluding hydrogens is 170 g/mol. The molecule has 0 unspecified atom stereocenters. The number of hydrogen-bond acceptors (Lipinski definition) is 4. The molecule has 4 heteroatoms. The summed E-state index contributed by atoms with van der Waals surface area (Å²) < 4.78 is 9.52. The predicted molar refractivity (Wildman–Crippen MR) is 46.9 cm³/mol. The molecule has 0 aliphatic rings. The smallest absolute Gasteiger partial charge is 0.356 e. The number of hydrogen-bond donors (Lipinski definition) is 0. The Morgan fingerprint density at radius 2 is 2.08 bits per heavy atom. The van der Waals surface area contributed by atoms with Crippen molar-refractivity contribution in [2.24, 2.45) is 0 Å². The van der Waals surface area contributed by atoms with Crippen LogP contribution in [0.4, 0.5) is 0 Å². The number of aryl methyl sites for hydroxylation is 1. The number of ether oxygens (including phenoxy) is 2. The fraction of sp³-hybridized carbons (Fsp3) is 0.333. The Morgan fingerprint density at radius 1 is 1.38 bits per heavy atom. The van der Waals surface area contributed by atoms with Crippen LogP contribution in [0.15, 0.2) is 12.1 Å². The van der Waals surface area contributed by atoms with Gasteiger partial charge in [-0.2, -0.15) is 0 Å². The lowest BCUT2D eigenvalue weighted by molar-refractivity contribution is 0.0593. The van der Waals surface area contributed by atoms with E-state index in [0.29, 0.717) is 5.75 Å². The maximum atomic E-state index is 11.1. The van der Waals surface area contributed by atoms with Crippen LogP contribution in [0.1, 0.15) is 16.2 Å². The monoisotopic (exact) mass is 181 g/mol. The number of esters is 1. The summed E-state index contributed by atoms with van der Waals surface area (Å²) in [6, 6.07) is 3.28. The number of methoxy groups -OCH3 is 2. The summed E-state index contributed by atoms with van der Waals surface area (Å²) in [6.07, 6.45) is 0. The first-order valence-corrected chi connectivity index (χ1v) is 3.78. The van der Waals surface area contributed by atoms with Crippen molar-refractivity contribution in [1.29, 1.82) is 0 Å². The van der Waals surface area contributed by atoms with Crippen molar-refractivity contribution in [1.82, 2.24) is 4.98 Å². The van der Waals surface area contributed by atoms with Gasteiger partial charge < -0.3 is 9.47 Å². The first-order valence-electron chi connectivity index (χ1n) is 3.78. The van der Waals surface area contributed by atoms with Gasteiger partial charge in [-0.15, -0.1) is 0 Å². The summed E-state index contributed by atoms with van der Waals surface area (Å²) in [4.78, 5) is 15.1. The van der Waals surface area contributed by atoms with E-state index in [1.807, 2.05) is 0 Å². The molecule has 0 N–H and O–H groups in total. The second kappa shape index (κ2) is 3.89. The van der Waals surface area contributed by atoms with Gasteiger partial charge in [-0.05, 0) is 6.92 Å². The lowest BCUT2D eigenvalue weighted by Gasteiger charge is -2.03. The highest BCUT2D eigenvalue weighted by molar-refractivity contribution is 5.87. The summed E-state index contributed by atoms with van der Waals surface area (Å²) in [5, 5.41) is 0. The topological polar surface area (TPSA) is 48.4 Å². The van der Waals surface area contributed by atoms with Crippen molar-refractivity contribution in [3.05, 3.63) is 23.5 Å². The Kier molecular flexibility index (Phi) is 2.84. The first-order chi connectivity index (χ1) is 6.17. The quantitative estimate of drug-likeness (QED) is 0.643. The SMILES string of the molecule is COC(=O)c1cc(OC)cc(C)n1. The van der Waals surface area contributed by atoms with Gasteiger partial charge in [0.2, 0.25) is 0 Å². The molecule has 0 saturated heterocycles. The van der Waals surface area contributed by atoms with E-state index in [4.69, 9.17) is 4.74 Å². The molecule has 0 radical (unpaired) electrons. The largest absolute Gasteiger partial charge is 0.497 e. The third-order valence-corrected chi connectivity index (χ3v) is 1.56. The molecule has 1 aromatic heterocycles. The molecule has 0 bridgehead atoms. The number of carbonyl (C=O) groups excluding carboxylic acids is 1. The van der Waals surface area contributed by atoms with Gasteiger partial charge in [-0.3, -0.25) is 0 Å². The van der Waals surface area contributed by atoms with Gasteiger partial charge in [0.25, 0.3) is 0 Å². The number of aromatic nitrogens is 1. The minimum absolute atomic E-state index is 0.263. The summed E-state index contributed by atoms with van der Waals surface area (Å²) in [7, 11) is 2.86. The number of rotatable bonds is 2. The average molecular weight is 181 g/mol. The maximum Gasteiger partial charge on any atom is 0.356 e. The second-order valence-corrected chi connectivity index (χ2v) is 2.53. The van der Waals surface area contributed by atoms with E-state index in [9.17, 15) is 4.79 Å². The molecule has 1 rings (SSSR count). The summed E-state index contributed by atoms with van der Waals surface area (Å²) in [5.41, 5.74) is 0.985. The zero-order valence-corrected chi connectivity index (χ0v) is 7.83. The molecule has 70 valence electrons. The van der Waals surface area contributed by atoms with Gasteiger partial charge in [0.1, 0.15) is 5.75 Å². The maximum absolute atomic E-state index is 11.1. The van der Waals surface area contributed by atoms with Crippen LogP contribution in [-0.2, 0) is 4.74 Å². The van der Waals surface area contributed by atoms with E-state index in [-0.39, 0.29) is 5.69 Å². The molecule has 1 aromatic rings. The second-order valence-electron chi connectivity index (χ2n) is 2.53. The van der Waals surface area contributed by atoms with Crippen LogP contribution < -0.4 is 4.74 Å².